The summed E-state index contributed by atoms with van der Waals surface area (Å²) in [5, 5.41) is 2.84. The van der Waals surface area contributed by atoms with Crippen molar-refractivity contribution in [3.63, 3.8) is 0 Å². The molecule has 1 aromatic carbocycles. The highest BCUT2D eigenvalue weighted by molar-refractivity contribution is 6.03. The van der Waals surface area contributed by atoms with Crippen LogP contribution in [0.2, 0.25) is 0 Å². The van der Waals surface area contributed by atoms with Gasteiger partial charge in [0.15, 0.2) is 12.1 Å². The predicted octanol–water partition coefficient (Wildman–Crippen LogP) is 3.39. The van der Waals surface area contributed by atoms with E-state index in [9.17, 15) is 4.79 Å². The molecule has 0 aliphatic carbocycles. The van der Waals surface area contributed by atoms with Crippen molar-refractivity contribution >= 4 is 22.9 Å². The average Bonchev–Trinajstić information content (AvgIpc) is 3.08. The molecule has 3 rings (SSSR count). The maximum Gasteiger partial charge on any atom is 0.280 e. The SMILES string of the molecule is CCCCn1c(NC(=O)c2ncoc2C)nc2ccccc21. The van der Waals surface area contributed by atoms with Crippen molar-refractivity contribution in [3.8, 4) is 0 Å². The number of anilines is 1. The van der Waals surface area contributed by atoms with Gasteiger partial charge < -0.3 is 8.98 Å². The van der Waals surface area contributed by atoms with Crippen molar-refractivity contribution in [2.24, 2.45) is 0 Å². The first-order valence-electron chi connectivity index (χ1n) is 7.37. The molecule has 0 spiro atoms. The number of carbonyl (C=O) groups excluding carboxylic acids is 1. The molecule has 0 aliphatic rings. The normalized spacial score (nSPS) is 11.0. The first kappa shape index (κ1) is 14.3. The van der Waals surface area contributed by atoms with Crippen molar-refractivity contribution in [1.29, 1.82) is 0 Å². The number of oxazole rings is 1. The van der Waals surface area contributed by atoms with Crippen LogP contribution in [0.3, 0.4) is 0 Å². The molecule has 0 bridgehead atoms. The third-order valence-corrected chi connectivity index (χ3v) is 3.57. The van der Waals surface area contributed by atoms with Gasteiger partial charge >= 0.3 is 0 Å². The lowest BCUT2D eigenvalue weighted by Crippen LogP contribution is -2.17. The highest BCUT2D eigenvalue weighted by Crippen LogP contribution is 2.21. The summed E-state index contributed by atoms with van der Waals surface area (Å²) in [4.78, 5) is 20.8. The molecule has 0 saturated heterocycles. The zero-order valence-electron chi connectivity index (χ0n) is 12.7. The molecule has 0 aliphatic heterocycles. The number of para-hydroxylation sites is 2. The van der Waals surface area contributed by atoms with Crippen molar-refractivity contribution in [3.05, 3.63) is 42.1 Å². The number of imidazole rings is 1. The van der Waals surface area contributed by atoms with Crippen LogP contribution in [0, 0.1) is 6.92 Å². The van der Waals surface area contributed by atoms with E-state index in [-0.39, 0.29) is 11.6 Å². The number of amides is 1. The molecule has 0 atom stereocenters. The Morgan fingerprint density at radius 3 is 2.91 bits per heavy atom. The summed E-state index contributed by atoms with van der Waals surface area (Å²) in [6.07, 6.45) is 3.36. The molecule has 3 aromatic rings. The van der Waals surface area contributed by atoms with Crippen LogP contribution in [0.5, 0.6) is 0 Å². The molecule has 114 valence electrons. The smallest absolute Gasteiger partial charge is 0.280 e. The van der Waals surface area contributed by atoms with Crippen molar-refractivity contribution < 1.29 is 9.21 Å². The fraction of sp³-hybridized carbons (Fsp3) is 0.312. The van der Waals surface area contributed by atoms with Crippen molar-refractivity contribution in [1.82, 2.24) is 14.5 Å². The Balaban J connectivity index is 1.95. The largest absolute Gasteiger partial charge is 0.448 e. The number of hydrogen-bond donors (Lipinski definition) is 1. The van der Waals surface area contributed by atoms with Gasteiger partial charge in [-0.3, -0.25) is 10.1 Å². The van der Waals surface area contributed by atoms with Crippen LogP contribution in [0.1, 0.15) is 36.0 Å². The maximum atomic E-state index is 12.3. The molecule has 0 fully saturated rings. The number of hydrogen-bond acceptors (Lipinski definition) is 4. The Hall–Kier alpha value is -2.63. The second kappa shape index (κ2) is 6.01. The summed E-state index contributed by atoms with van der Waals surface area (Å²) < 4.78 is 7.11. The van der Waals surface area contributed by atoms with E-state index >= 15 is 0 Å². The number of benzene rings is 1. The van der Waals surface area contributed by atoms with Gasteiger partial charge in [-0.15, -0.1) is 0 Å². The van der Waals surface area contributed by atoms with E-state index in [4.69, 9.17) is 4.42 Å². The van der Waals surface area contributed by atoms with Crippen LogP contribution < -0.4 is 5.32 Å². The first-order valence-corrected chi connectivity index (χ1v) is 7.37. The van der Waals surface area contributed by atoms with Crippen molar-refractivity contribution in [2.45, 2.75) is 33.2 Å². The zero-order chi connectivity index (χ0) is 15.5. The number of unbranched alkanes of at least 4 members (excludes halogenated alkanes) is 1. The lowest BCUT2D eigenvalue weighted by atomic mass is 10.3. The van der Waals surface area contributed by atoms with Crippen LogP contribution in [0.15, 0.2) is 35.1 Å². The minimum Gasteiger partial charge on any atom is -0.448 e. The number of aromatic nitrogens is 3. The number of carbonyl (C=O) groups is 1. The fourth-order valence-corrected chi connectivity index (χ4v) is 2.40. The number of nitrogens with one attached hydrogen (secondary N) is 1. The summed E-state index contributed by atoms with van der Waals surface area (Å²) in [6, 6.07) is 7.86. The number of fused-ring (bicyclic) bond motifs is 1. The van der Waals surface area contributed by atoms with Gasteiger partial charge in [-0.2, -0.15) is 0 Å². The van der Waals surface area contributed by atoms with Crippen LogP contribution >= 0.6 is 0 Å². The molecule has 0 unspecified atom stereocenters. The van der Waals surface area contributed by atoms with Crippen LogP contribution in [-0.4, -0.2) is 20.4 Å². The Labute approximate surface area is 128 Å². The summed E-state index contributed by atoms with van der Waals surface area (Å²) in [5.74, 6) is 0.732. The molecule has 6 nitrogen and oxygen atoms in total. The molecule has 1 N–H and O–H groups in total. The minimum absolute atomic E-state index is 0.286. The highest BCUT2D eigenvalue weighted by Gasteiger charge is 2.17. The van der Waals surface area contributed by atoms with Gasteiger partial charge in [0.1, 0.15) is 5.76 Å². The standard InChI is InChI=1S/C16H18N4O2/c1-3-4-9-20-13-8-6-5-7-12(13)18-16(20)19-15(21)14-11(2)22-10-17-14/h5-8,10H,3-4,9H2,1-2H3,(H,18,19,21). The number of rotatable bonds is 5. The summed E-state index contributed by atoms with van der Waals surface area (Å²) in [5.41, 5.74) is 2.17. The minimum atomic E-state index is -0.306. The van der Waals surface area contributed by atoms with Crippen LogP contribution in [0.4, 0.5) is 5.95 Å². The molecular weight excluding hydrogens is 280 g/mol. The third kappa shape index (κ3) is 2.59. The maximum absolute atomic E-state index is 12.3. The van der Waals surface area contributed by atoms with Gasteiger partial charge in [0.2, 0.25) is 5.95 Å². The monoisotopic (exact) mass is 298 g/mol. The van der Waals surface area contributed by atoms with Crippen molar-refractivity contribution in [2.75, 3.05) is 5.32 Å². The number of aryl methyl sites for hydroxylation is 2. The van der Waals surface area contributed by atoms with E-state index in [0.717, 1.165) is 30.4 Å². The first-order chi connectivity index (χ1) is 10.7. The lowest BCUT2D eigenvalue weighted by molar-refractivity contribution is 0.102. The molecule has 0 saturated carbocycles. The lowest BCUT2D eigenvalue weighted by Gasteiger charge is -2.08. The molecule has 2 heterocycles. The van der Waals surface area contributed by atoms with Gasteiger partial charge in [0.05, 0.1) is 11.0 Å². The topological polar surface area (TPSA) is 73.0 Å². The Bertz CT molecular complexity index is 803. The molecule has 6 heteroatoms. The van der Waals surface area contributed by atoms with E-state index in [0.29, 0.717) is 11.7 Å². The summed E-state index contributed by atoms with van der Waals surface area (Å²) >= 11 is 0. The highest BCUT2D eigenvalue weighted by atomic mass is 16.3. The molecule has 1 amide bonds. The Kier molecular flexibility index (Phi) is 3.91. The fourth-order valence-electron chi connectivity index (χ4n) is 2.40. The Morgan fingerprint density at radius 2 is 2.18 bits per heavy atom. The predicted molar refractivity (Wildman–Crippen MR) is 83.8 cm³/mol. The average molecular weight is 298 g/mol. The van der Waals surface area contributed by atoms with E-state index in [1.807, 2.05) is 28.8 Å². The van der Waals surface area contributed by atoms with Gasteiger partial charge in [-0.1, -0.05) is 25.5 Å². The second-order valence-electron chi connectivity index (χ2n) is 5.14. The van der Waals surface area contributed by atoms with Gasteiger partial charge in [0.25, 0.3) is 5.91 Å². The molecule has 2 aromatic heterocycles. The third-order valence-electron chi connectivity index (χ3n) is 3.57. The second-order valence-corrected chi connectivity index (χ2v) is 5.14. The van der Waals surface area contributed by atoms with E-state index < -0.39 is 0 Å². The molecule has 0 radical (unpaired) electrons. The molecular formula is C16H18N4O2. The van der Waals surface area contributed by atoms with Gasteiger partial charge in [0, 0.05) is 6.54 Å². The van der Waals surface area contributed by atoms with Crippen LogP contribution in [0.25, 0.3) is 11.0 Å². The summed E-state index contributed by atoms with van der Waals surface area (Å²) in [6.45, 7) is 4.66. The van der Waals surface area contributed by atoms with E-state index in [1.165, 1.54) is 6.39 Å². The molecule has 22 heavy (non-hydrogen) atoms. The zero-order valence-corrected chi connectivity index (χ0v) is 12.7. The number of nitrogens with zero attached hydrogens (tertiary/aromatic N) is 3. The quantitative estimate of drug-likeness (QED) is 0.783. The van der Waals surface area contributed by atoms with E-state index in [2.05, 4.69) is 22.2 Å². The van der Waals surface area contributed by atoms with Gasteiger partial charge in [-0.25, -0.2) is 9.97 Å². The van der Waals surface area contributed by atoms with Gasteiger partial charge in [-0.05, 0) is 25.5 Å². The van der Waals surface area contributed by atoms with Crippen LogP contribution in [-0.2, 0) is 6.54 Å². The summed E-state index contributed by atoms with van der Waals surface area (Å²) in [7, 11) is 0. The Morgan fingerprint density at radius 1 is 1.36 bits per heavy atom. The van der Waals surface area contributed by atoms with E-state index in [1.54, 1.807) is 6.92 Å².